The predicted molar refractivity (Wildman–Crippen MR) is 81.4 cm³/mol. The fraction of sp³-hybridized carbons (Fsp3) is 0.167. The summed E-state index contributed by atoms with van der Waals surface area (Å²) in [5, 5.41) is 0. The zero-order chi connectivity index (χ0) is 16.4. The van der Waals surface area contributed by atoms with Crippen LogP contribution >= 0.6 is 0 Å². The van der Waals surface area contributed by atoms with E-state index in [2.05, 4.69) is 0 Å². The molecule has 5 heteroatoms. The van der Waals surface area contributed by atoms with Gasteiger partial charge in [0.25, 0.3) is 0 Å². The van der Waals surface area contributed by atoms with Crippen molar-refractivity contribution in [1.29, 1.82) is 0 Å². The van der Waals surface area contributed by atoms with Crippen molar-refractivity contribution in [1.82, 2.24) is 0 Å². The van der Waals surface area contributed by atoms with Crippen molar-refractivity contribution in [2.45, 2.75) is 19.6 Å². The van der Waals surface area contributed by atoms with E-state index in [1.54, 1.807) is 12.1 Å². The number of ether oxygens (including phenoxy) is 2. The van der Waals surface area contributed by atoms with Gasteiger partial charge in [0.2, 0.25) is 17.7 Å². The Morgan fingerprint density at radius 1 is 1.00 bits per heavy atom. The van der Waals surface area contributed by atoms with Crippen molar-refractivity contribution in [2.75, 3.05) is 0 Å². The Hall–Kier alpha value is -2.95. The molecule has 2 aromatic rings. The monoisotopic (exact) mass is 310 g/mol. The third kappa shape index (κ3) is 2.85. The van der Waals surface area contributed by atoms with E-state index in [9.17, 15) is 14.4 Å². The summed E-state index contributed by atoms with van der Waals surface area (Å²) in [7, 11) is 0. The number of hydrogen-bond acceptors (Lipinski definition) is 5. The van der Waals surface area contributed by atoms with Crippen LogP contribution in [0.25, 0.3) is 0 Å². The molecule has 1 aliphatic carbocycles. The molecule has 1 aliphatic rings. The Bertz CT molecular complexity index is 779. The Labute approximate surface area is 132 Å². The minimum Gasteiger partial charge on any atom is -0.488 e. The molecular formula is C18H14O5. The highest BCUT2D eigenvalue weighted by molar-refractivity contribution is 6.30. The van der Waals surface area contributed by atoms with Crippen LogP contribution in [0.2, 0.25) is 0 Å². The largest absolute Gasteiger partial charge is 0.488 e. The van der Waals surface area contributed by atoms with E-state index >= 15 is 0 Å². The number of rotatable bonds is 4. The summed E-state index contributed by atoms with van der Waals surface area (Å²) < 4.78 is 10.5. The van der Waals surface area contributed by atoms with Crippen molar-refractivity contribution >= 4 is 17.5 Å². The molecule has 2 aromatic carbocycles. The second kappa shape index (κ2) is 6.04. The molecule has 0 heterocycles. The molecule has 0 saturated carbocycles. The van der Waals surface area contributed by atoms with Gasteiger partial charge in [-0.25, -0.2) is 0 Å². The molecule has 23 heavy (non-hydrogen) atoms. The number of hydrogen-bond donors (Lipinski definition) is 0. The smallest absolute Gasteiger partial charge is 0.303 e. The standard InChI is InChI=1S/C18H14O5/c1-11(19)23-18-16(20)13-8-5-9-14(15(13)17(18)21)22-10-12-6-3-2-4-7-12/h2-9,18H,10H2,1H3. The van der Waals surface area contributed by atoms with Crippen LogP contribution in [0.15, 0.2) is 48.5 Å². The summed E-state index contributed by atoms with van der Waals surface area (Å²) in [6, 6.07) is 14.3. The van der Waals surface area contributed by atoms with E-state index in [1.807, 2.05) is 30.3 Å². The Morgan fingerprint density at radius 2 is 1.74 bits per heavy atom. The van der Waals surface area contributed by atoms with E-state index in [1.165, 1.54) is 6.07 Å². The molecule has 0 radical (unpaired) electrons. The number of carbonyl (C=O) groups excluding carboxylic acids is 3. The molecule has 3 rings (SSSR count). The van der Waals surface area contributed by atoms with E-state index in [4.69, 9.17) is 9.47 Å². The van der Waals surface area contributed by atoms with Crippen LogP contribution in [0.5, 0.6) is 5.75 Å². The van der Waals surface area contributed by atoms with Gasteiger partial charge in [0.15, 0.2) is 0 Å². The number of carbonyl (C=O) groups is 3. The minimum absolute atomic E-state index is 0.180. The van der Waals surface area contributed by atoms with Crippen LogP contribution in [-0.4, -0.2) is 23.6 Å². The van der Waals surface area contributed by atoms with Crippen molar-refractivity contribution < 1.29 is 23.9 Å². The van der Waals surface area contributed by atoms with Gasteiger partial charge in [-0.3, -0.25) is 14.4 Å². The number of benzene rings is 2. The van der Waals surface area contributed by atoms with Crippen LogP contribution in [0.1, 0.15) is 33.2 Å². The third-order valence-electron chi connectivity index (χ3n) is 3.54. The number of fused-ring (bicyclic) bond motifs is 1. The molecule has 1 atom stereocenters. The SMILES string of the molecule is CC(=O)OC1C(=O)c2cccc(OCc3ccccc3)c2C1=O. The second-order valence-corrected chi connectivity index (χ2v) is 5.17. The molecule has 0 aromatic heterocycles. The second-order valence-electron chi connectivity index (χ2n) is 5.17. The summed E-state index contributed by atoms with van der Waals surface area (Å²) >= 11 is 0. The first kappa shape index (κ1) is 15.0. The van der Waals surface area contributed by atoms with Crippen molar-refractivity contribution in [3.8, 4) is 5.75 Å². The molecule has 0 spiro atoms. The summed E-state index contributed by atoms with van der Waals surface area (Å²) in [6.07, 6.45) is -1.40. The first-order valence-corrected chi connectivity index (χ1v) is 7.13. The van der Waals surface area contributed by atoms with Crippen LogP contribution in [0.3, 0.4) is 0 Å². The summed E-state index contributed by atoms with van der Waals surface area (Å²) in [4.78, 5) is 35.7. The molecule has 0 fully saturated rings. The van der Waals surface area contributed by atoms with Crippen molar-refractivity contribution in [2.24, 2.45) is 0 Å². The summed E-state index contributed by atoms with van der Waals surface area (Å²) in [5.74, 6) is -1.40. The fourth-order valence-corrected chi connectivity index (χ4v) is 2.51. The van der Waals surface area contributed by atoms with Gasteiger partial charge in [0, 0.05) is 12.5 Å². The van der Waals surface area contributed by atoms with Gasteiger partial charge in [-0.05, 0) is 11.6 Å². The molecule has 1 unspecified atom stereocenters. The van der Waals surface area contributed by atoms with E-state index < -0.39 is 23.6 Å². The average molecular weight is 310 g/mol. The fourth-order valence-electron chi connectivity index (χ4n) is 2.51. The molecule has 5 nitrogen and oxygen atoms in total. The normalized spacial score (nSPS) is 16.1. The Balaban J connectivity index is 1.87. The zero-order valence-electron chi connectivity index (χ0n) is 12.4. The zero-order valence-corrected chi connectivity index (χ0v) is 12.4. The first-order chi connectivity index (χ1) is 11.1. The highest BCUT2D eigenvalue weighted by Gasteiger charge is 2.43. The van der Waals surface area contributed by atoms with Gasteiger partial charge in [-0.1, -0.05) is 42.5 Å². The van der Waals surface area contributed by atoms with Crippen molar-refractivity contribution in [3.05, 3.63) is 65.2 Å². The quantitative estimate of drug-likeness (QED) is 0.641. The highest BCUT2D eigenvalue weighted by Crippen LogP contribution is 2.32. The van der Waals surface area contributed by atoms with Gasteiger partial charge >= 0.3 is 5.97 Å². The molecular weight excluding hydrogens is 296 g/mol. The maximum Gasteiger partial charge on any atom is 0.303 e. The maximum absolute atomic E-state index is 12.4. The summed E-state index contributed by atoms with van der Waals surface area (Å²) in [6.45, 7) is 1.44. The van der Waals surface area contributed by atoms with Crippen LogP contribution in [-0.2, 0) is 16.1 Å². The molecule has 116 valence electrons. The van der Waals surface area contributed by atoms with Gasteiger partial charge in [0.1, 0.15) is 12.4 Å². The minimum atomic E-state index is -1.40. The topological polar surface area (TPSA) is 69.7 Å². The van der Waals surface area contributed by atoms with Gasteiger partial charge in [-0.2, -0.15) is 0 Å². The maximum atomic E-state index is 12.4. The lowest BCUT2D eigenvalue weighted by atomic mass is 10.1. The van der Waals surface area contributed by atoms with Gasteiger partial charge < -0.3 is 9.47 Å². The first-order valence-electron chi connectivity index (χ1n) is 7.13. The Kier molecular flexibility index (Phi) is 3.93. The highest BCUT2D eigenvalue weighted by atomic mass is 16.5. The number of Topliss-reactive ketones (excluding diaryl/α,β-unsaturated/α-hetero) is 2. The number of esters is 1. The molecule has 0 aliphatic heterocycles. The van der Waals surface area contributed by atoms with Gasteiger partial charge in [-0.15, -0.1) is 0 Å². The lowest BCUT2D eigenvalue weighted by Gasteiger charge is -2.10. The molecule has 0 amide bonds. The molecule has 0 saturated heterocycles. The number of ketones is 2. The van der Waals surface area contributed by atoms with Crippen molar-refractivity contribution in [3.63, 3.8) is 0 Å². The van der Waals surface area contributed by atoms with E-state index in [0.717, 1.165) is 12.5 Å². The Morgan fingerprint density at radius 3 is 2.43 bits per heavy atom. The van der Waals surface area contributed by atoms with Gasteiger partial charge in [0.05, 0.1) is 5.56 Å². The van der Waals surface area contributed by atoms with E-state index in [-0.39, 0.29) is 17.7 Å². The lowest BCUT2D eigenvalue weighted by molar-refractivity contribution is -0.142. The van der Waals surface area contributed by atoms with Crippen LogP contribution < -0.4 is 4.74 Å². The predicted octanol–water partition coefficient (Wildman–Crippen LogP) is 2.58. The lowest BCUT2D eigenvalue weighted by Crippen LogP contribution is -2.27. The molecule has 0 bridgehead atoms. The van der Waals surface area contributed by atoms with Crippen LogP contribution in [0.4, 0.5) is 0 Å². The molecule has 0 N–H and O–H groups in total. The van der Waals surface area contributed by atoms with E-state index in [0.29, 0.717) is 5.75 Å². The average Bonchev–Trinajstić information content (AvgIpc) is 2.79. The van der Waals surface area contributed by atoms with Crippen LogP contribution in [0, 0.1) is 0 Å². The third-order valence-corrected chi connectivity index (χ3v) is 3.54. The summed E-state index contributed by atoms with van der Waals surface area (Å²) in [5.41, 5.74) is 1.35.